The summed E-state index contributed by atoms with van der Waals surface area (Å²) in [5.41, 5.74) is 1.03. The van der Waals surface area contributed by atoms with Crippen LogP contribution in [-0.4, -0.2) is 192 Å². The van der Waals surface area contributed by atoms with E-state index >= 15 is 0 Å². The van der Waals surface area contributed by atoms with Crippen LogP contribution in [0.1, 0.15) is 56.0 Å². The average Bonchev–Trinajstić information content (AvgIpc) is 3.65. The number of carbonyl (C=O) groups excluding carboxylic acids is 7. The third-order valence-corrected chi connectivity index (χ3v) is 10.9. The minimum absolute atomic E-state index is 0.0560. The highest BCUT2D eigenvalue weighted by molar-refractivity contribution is 6.43. The van der Waals surface area contributed by atoms with Crippen LogP contribution in [0, 0.1) is 5.92 Å². The number of ether oxygens (including phenoxy) is 2. The van der Waals surface area contributed by atoms with E-state index in [0.717, 1.165) is 5.56 Å². The van der Waals surface area contributed by atoms with Crippen molar-refractivity contribution in [1.82, 2.24) is 40.4 Å². The molecule has 4 amide bonds. The van der Waals surface area contributed by atoms with Gasteiger partial charge in [0.1, 0.15) is 12.1 Å². The molecule has 0 aromatic heterocycles. The van der Waals surface area contributed by atoms with Crippen LogP contribution in [0.25, 0.3) is 0 Å². The number of amides is 4. The standard InChI is InChI=1S/C38H57BN8O11/c1-25(2)35(37(53)41-26(3)38(54)47-10-4-5-30(47)39(55)56)42-36(52)28-8-6-27(7-9-28)20-40-31(49)22-44-13-17-45-15-11-43-12-16-46(18-14-44)24-33(51)58-34(19-29(48)21-43)57-32(50)23-45/h6-9,25-26,30,34-35,55-56H,4-5,10-24H2,1-3H3,(H,40,49)(H,41,53)(H,42,52)/t26-,30+,35+/m1/s1. The number of likely N-dealkylation sites (tertiary alicyclic amines) is 1. The Morgan fingerprint density at radius 1 is 0.793 bits per heavy atom. The Hall–Kier alpha value is -4.47. The van der Waals surface area contributed by atoms with Crippen molar-refractivity contribution in [3.05, 3.63) is 35.4 Å². The molecule has 5 N–H and O–H groups in total. The van der Waals surface area contributed by atoms with Crippen LogP contribution < -0.4 is 16.0 Å². The fourth-order valence-electron chi connectivity index (χ4n) is 7.53. The lowest BCUT2D eigenvalue weighted by Crippen LogP contribution is -2.56. The van der Waals surface area contributed by atoms with Gasteiger partial charge in [0, 0.05) is 71.0 Å². The van der Waals surface area contributed by atoms with Crippen molar-refractivity contribution < 1.29 is 53.1 Å². The number of esters is 2. The zero-order chi connectivity index (χ0) is 41.9. The summed E-state index contributed by atoms with van der Waals surface area (Å²) in [7, 11) is -1.67. The zero-order valence-corrected chi connectivity index (χ0v) is 33.6. The summed E-state index contributed by atoms with van der Waals surface area (Å²) in [5.74, 6) is -4.12. The summed E-state index contributed by atoms with van der Waals surface area (Å²) in [4.78, 5) is 100. The quantitative estimate of drug-likeness (QED) is 0.112. The number of hydrogen-bond acceptors (Lipinski definition) is 15. The third-order valence-electron chi connectivity index (χ3n) is 10.9. The number of benzene rings is 1. The highest BCUT2D eigenvalue weighted by atomic mass is 16.7. The molecule has 4 aliphatic heterocycles. The number of fused-ring (bicyclic) bond motifs is 7. The Bertz CT molecular complexity index is 1610. The number of carbonyl (C=O) groups is 7. The molecule has 1 aromatic rings. The number of nitrogens with one attached hydrogen (secondary N) is 3. The van der Waals surface area contributed by atoms with Crippen molar-refractivity contribution in [3.8, 4) is 0 Å². The van der Waals surface area contributed by atoms with Crippen molar-refractivity contribution in [1.29, 1.82) is 0 Å². The zero-order valence-electron chi connectivity index (χ0n) is 33.6. The molecule has 4 heterocycles. The molecule has 0 radical (unpaired) electrons. The van der Waals surface area contributed by atoms with E-state index in [9.17, 15) is 43.6 Å². The lowest BCUT2D eigenvalue weighted by Gasteiger charge is -2.33. The maximum atomic E-state index is 13.2. The van der Waals surface area contributed by atoms with Gasteiger partial charge in [0.05, 0.1) is 38.5 Å². The second kappa shape index (κ2) is 21.0. The number of ketones is 1. The second-order valence-corrected chi connectivity index (χ2v) is 15.8. The Morgan fingerprint density at radius 3 is 1.93 bits per heavy atom. The van der Waals surface area contributed by atoms with Crippen LogP contribution in [0.15, 0.2) is 24.3 Å². The van der Waals surface area contributed by atoms with Gasteiger partial charge in [0.15, 0.2) is 5.78 Å². The van der Waals surface area contributed by atoms with Gasteiger partial charge in [-0.25, -0.2) is 0 Å². The van der Waals surface area contributed by atoms with E-state index in [0.29, 0.717) is 77.3 Å². The van der Waals surface area contributed by atoms with E-state index in [2.05, 4.69) is 16.0 Å². The molecule has 4 fully saturated rings. The van der Waals surface area contributed by atoms with Crippen LogP contribution in [0.4, 0.5) is 0 Å². The predicted octanol–water partition coefficient (Wildman–Crippen LogP) is -2.81. The number of nitrogens with zero attached hydrogens (tertiary/aromatic N) is 5. The largest absolute Gasteiger partial charge is 0.475 e. The van der Waals surface area contributed by atoms with E-state index in [1.54, 1.807) is 38.1 Å². The van der Waals surface area contributed by atoms with Crippen LogP contribution in [0.3, 0.4) is 0 Å². The highest BCUT2D eigenvalue weighted by Crippen LogP contribution is 2.19. The van der Waals surface area contributed by atoms with Gasteiger partial charge < -0.3 is 40.4 Å². The minimum Gasteiger partial charge on any atom is -0.426 e. The van der Waals surface area contributed by atoms with Gasteiger partial charge in [0.2, 0.25) is 17.7 Å². The first-order chi connectivity index (χ1) is 27.6. The molecule has 4 saturated heterocycles. The minimum atomic E-state index is -1.67. The lowest BCUT2D eigenvalue weighted by atomic mass is 9.78. The third kappa shape index (κ3) is 13.0. The predicted molar refractivity (Wildman–Crippen MR) is 208 cm³/mol. The monoisotopic (exact) mass is 812 g/mol. The van der Waals surface area contributed by atoms with E-state index < -0.39 is 61.1 Å². The van der Waals surface area contributed by atoms with E-state index in [-0.39, 0.29) is 56.8 Å². The number of rotatable bonds is 11. The number of hydrogen-bond donors (Lipinski definition) is 5. The van der Waals surface area contributed by atoms with Crippen molar-refractivity contribution >= 4 is 48.5 Å². The molecule has 318 valence electrons. The summed E-state index contributed by atoms with van der Waals surface area (Å²) in [5, 5.41) is 27.6. The molecule has 2 unspecified atom stereocenters. The molecule has 5 rings (SSSR count). The Kier molecular flexibility index (Phi) is 16.2. The van der Waals surface area contributed by atoms with Gasteiger partial charge in [-0.1, -0.05) is 26.0 Å². The van der Waals surface area contributed by atoms with Crippen molar-refractivity contribution in [3.63, 3.8) is 0 Å². The molecule has 4 aliphatic rings. The summed E-state index contributed by atoms with van der Waals surface area (Å²) in [6.07, 6.45) is -0.390. The Labute approximate surface area is 338 Å². The Balaban J connectivity index is 1.14. The van der Waals surface area contributed by atoms with Gasteiger partial charge in [0.25, 0.3) is 12.2 Å². The first-order valence-electron chi connectivity index (χ1n) is 20.1. The van der Waals surface area contributed by atoms with Crippen molar-refractivity contribution in [2.24, 2.45) is 5.92 Å². The van der Waals surface area contributed by atoms with Gasteiger partial charge in [-0.05, 0) is 43.4 Å². The normalized spacial score (nSPS) is 25.9. The molecule has 5 atom stereocenters. The van der Waals surface area contributed by atoms with E-state index in [1.165, 1.54) is 11.8 Å². The first kappa shape index (κ1) is 44.6. The molecule has 0 spiro atoms. The SMILES string of the molecule is CC(C)[C@H](NC(=O)c1ccc(CNC(=O)CN2CCN3CCN4CCN(CC2)CC(=O)OC(CC(=O)C4)OC(=O)C3)cc1)C(=O)N[C@H](C)C(=O)N1CCC[C@H]1B(O)O. The molecular weight excluding hydrogens is 755 g/mol. The van der Waals surface area contributed by atoms with Crippen LogP contribution in [0.2, 0.25) is 0 Å². The maximum Gasteiger partial charge on any atom is 0.475 e. The maximum absolute atomic E-state index is 13.2. The molecule has 58 heavy (non-hydrogen) atoms. The van der Waals surface area contributed by atoms with Crippen LogP contribution in [-0.2, 0) is 44.8 Å². The molecule has 4 bridgehead atoms. The van der Waals surface area contributed by atoms with Gasteiger partial charge in [-0.15, -0.1) is 0 Å². The van der Waals surface area contributed by atoms with Gasteiger partial charge in [-0.3, -0.25) is 53.2 Å². The van der Waals surface area contributed by atoms with Gasteiger partial charge in [-0.2, -0.15) is 0 Å². The summed E-state index contributed by atoms with van der Waals surface area (Å²) in [6.45, 7) is 9.65. The summed E-state index contributed by atoms with van der Waals surface area (Å²) in [6, 6.07) is 4.70. The molecule has 1 aromatic carbocycles. The second-order valence-electron chi connectivity index (χ2n) is 15.8. The molecule has 20 heteroatoms. The highest BCUT2D eigenvalue weighted by Gasteiger charge is 2.39. The molecule has 0 saturated carbocycles. The van der Waals surface area contributed by atoms with E-state index in [1.807, 2.05) is 19.6 Å². The topological polar surface area (TPSA) is 231 Å². The van der Waals surface area contributed by atoms with Crippen LogP contribution >= 0.6 is 0 Å². The van der Waals surface area contributed by atoms with Crippen LogP contribution in [0.5, 0.6) is 0 Å². The molecule has 0 aliphatic carbocycles. The Morgan fingerprint density at radius 2 is 1.36 bits per heavy atom. The van der Waals surface area contributed by atoms with Crippen molar-refractivity contribution in [2.75, 3.05) is 85.1 Å². The fraction of sp³-hybridized carbons (Fsp3) is 0.658. The molecular formula is C38H57BN8O11. The smallest absolute Gasteiger partial charge is 0.426 e. The number of Topliss-reactive ketones (excluding diaryl/α,β-unsaturated/α-hetero) is 1. The van der Waals surface area contributed by atoms with Crippen molar-refractivity contribution in [2.45, 2.75) is 70.9 Å². The first-order valence-corrected chi connectivity index (χ1v) is 20.1. The molecule has 19 nitrogen and oxygen atoms in total. The van der Waals surface area contributed by atoms with Gasteiger partial charge >= 0.3 is 19.1 Å². The average molecular weight is 813 g/mol. The summed E-state index contributed by atoms with van der Waals surface area (Å²) < 4.78 is 10.9. The lowest BCUT2D eigenvalue weighted by molar-refractivity contribution is -0.190. The summed E-state index contributed by atoms with van der Waals surface area (Å²) >= 11 is 0. The van der Waals surface area contributed by atoms with E-state index in [4.69, 9.17) is 9.47 Å². The fourth-order valence-corrected chi connectivity index (χ4v) is 7.53.